The van der Waals surface area contributed by atoms with Crippen molar-refractivity contribution in [3.63, 3.8) is 0 Å². The molecule has 0 saturated heterocycles. The Bertz CT molecular complexity index is 392. The molecular formula is C8H9Cl2N3O2. The fourth-order valence-electron chi connectivity index (χ4n) is 0.888. The van der Waals surface area contributed by atoms with E-state index in [-0.39, 0.29) is 15.7 Å². The van der Waals surface area contributed by atoms with E-state index < -0.39 is 10.6 Å². The third-order valence-corrected chi connectivity index (χ3v) is 2.18. The van der Waals surface area contributed by atoms with Crippen molar-refractivity contribution in [1.29, 1.82) is 0 Å². The van der Waals surface area contributed by atoms with Crippen molar-refractivity contribution < 1.29 is 4.92 Å². The molecule has 0 bridgehead atoms. The molecule has 0 atom stereocenters. The summed E-state index contributed by atoms with van der Waals surface area (Å²) >= 11 is 11.3. The number of aromatic nitrogens is 2. The maximum absolute atomic E-state index is 10.6. The van der Waals surface area contributed by atoms with Crippen LogP contribution in [0.1, 0.15) is 26.6 Å². The smallest absolute Gasteiger partial charge is 0.258 e. The Morgan fingerprint density at radius 3 is 1.87 bits per heavy atom. The van der Waals surface area contributed by atoms with E-state index in [4.69, 9.17) is 23.2 Å². The summed E-state index contributed by atoms with van der Waals surface area (Å²) in [5.74, 6) is 0.378. The van der Waals surface area contributed by atoms with Gasteiger partial charge in [-0.15, -0.1) is 0 Å². The SMILES string of the molecule is CC(C)(C)c1nc(Cl)c([N+](=O)[O-])c(Cl)n1. The molecule has 0 aliphatic carbocycles. The molecule has 1 rings (SSSR count). The fourth-order valence-corrected chi connectivity index (χ4v) is 1.41. The molecule has 82 valence electrons. The van der Waals surface area contributed by atoms with Crippen molar-refractivity contribution in [2.75, 3.05) is 0 Å². The van der Waals surface area contributed by atoms with Crippen LogP contribution < -0.4 is 0 Å². The highest BCUT2D eigenvalue weighted by molar-refractivity contribution is 6.36. The molecule has 0 aliphatic heterocycles. The first-order chi connectivity index (χ1) is 6.73. The lowest BCUT2D eigenvalue weighted by Gasteiger charge is -2.16. The number of nitro groups is 1. The third-order valence-electron chi connectivity index (χ3n) is 1.65. The second kappa shape index (κ2) is 3.90. The molecule has 0 aliphatic rings. The molecular weight excluding hydrogens is 241 g/mol. The third kappa shape index (κ3) is 2.54. The van der Waals surface area contributed by atoms with Crippen molar-refractivity contribution in [1.82, 2.24) is 9.97 Å². The average molecular weight is 250 g/mol. The van der Waals surface area contributed by atoms with Gasteiger partial charge in [-0.1, -0.05) is 44.0 Å². The lowest BCUT2D eigenvalue weighted by atomic mass is 9.96. The van der Waals surface area contributed by atoms with E-state index in [1.165, 1.54) is 0 Å². The maximum Gasteiger partial charge on any atom is 0.343 e. The minimum Gasteiger partial charge on any atom is -0.258 e. The van der Waals surface area contributed by atoms with Crippen LogP contribution in [0.3, 0.4) is 0 Å². The summed E-state index contributed by atoms with van der Waals surface area (Å²) in [6.07, 6.45) is 0. The van der Waals surface area contributed by atoms with Gasteiger partial charge < -0.3 is 0 Å². The van der Waals surface area contributed by atoms with Gasteiger partial charge in [0, 0.05) is 5.41 Å². The molecule has 0 saturated carbocycles. The Morgan fingerprint density at radius 1 is 1.20 bits per heavy atom. The summed E-state index contributed by atoms with van der Waals surface area (Å²) < 4.78 is 0. The number of rotatable bonds is 1. The topological polar surface area (TPSA) is 68.9 Å². The van der Waals surface area contributed by atoms with Crippen LogP contribution in [0.15, 0.2) is 0 Å². The van der Waals surface area contributed by atoms with Gasteiger partial charge in [-0.2, -0.15) is 0 Å². The Morgan fingerprint density at radius 2 is 1.60 bits per heavy atom. The van der Waals surface area contributed by atoms with E-state index in [9.17, 15) is 10.1 Å². The molecule has 0 aromatic carbocycles. The van der Waals surface area contributed by atoms with Crippen molar-refractivity contribution in [2.45, 2.75) is 26.2 Å². The minimum absolute atomic E-state index is 0.232. The maximum atomic E-state index is 10.6. The van der Waals surface area contributed by atoms with E-state index in [2.05, 4.69) is 9.97 Å². The monoisotopic (exact) mass is 249 g/mol. The number of halogens is 2. The number of hydrogen-bond donors (Lipinski definition) is 0. The van der Waals surface area contributed by atoms with Crippen LogP contribution in [0.2, 0.25) is 10.3 Å². The van der Waals surface area contributed by atoms with Crippen molar-refractivity contribution in [2.24, 2.45) is 0 Å². The summed E-state index contributed by atoms with van der Waals surface area (Å²) in [5, 5.41) is 10.1. The van der Waals surface area contributed by atoms with Crippen LogP contribution in [-0.2, 0) is 5.41 Å². The standard InChI is InChI=1S/C8H9Cl2N3O2/c1-8(2,3)7-11-5(9)4(13(14)15)6(10)12-7/h1-3H3. The minimum atomic E-state index is -0.697. The van der Waals surface area contributed by atoms with Crippen LogP contribution in [0.4, 0.5) is 5.69 Å². The first kappa shape index (κ1) is 12.1. The molecule has 0 fully saturated rings. The molecule has 0 spiro atoms. The first-order valence-electron chi connectivity index (χ1n) is 4.11. The molecule has 15 heavy (non-hydrogen) atoms. The highest BCUT2D eigenvalue weighted by atomic mass is 35.5. The van der Waals surface area contributed by atoms with Gasteiger partial charge >= 0.3 is 5.69 Å². The van der Waals surface area contributed by atoms with Crippen molar-refractivity contribution in [3.05, 3.63) is 26.2 Å². The highest BCUT2D eigenvalue weighted by Crippen LogP contribution is 2.31. The molecule has 1 aromatic rings. The molecule has 1 heterocycles. The van der Waals surface area contributed by atoms with Crippen LogP contribution in [0.5, 0.6) is 0 Å². The van der Waals surface area contributed by atoms with Gasteiger partial charge in [-0.3, -0.25) is 10.1 Å². The van der Waals surface area contributed by atoms with E-state index in [0.717, 1.165) is 0 Å². The Balaban J connectivity index is 3.39. The van der Waals surface area contributed by atoms with E-state index in [0.29, 0.717) is 5.82 Å². The van der Waals surface area contributed by atoms with Gasteiger partial charge in [0.25, 0.3) is 0 Å². The molecule has 7 heteroatoms. The lowest BCUT2D eigenvalue weighted by molar-refractivity contribution is -0.385. The Kier molecular flexibility index (Phi) is 3.16. The molecule has 1 aromatic heterocycles. The van der Waals surface area contributed by atoms with E-state index >= 15 is 0 Å². The normalized spacial score (nSPS) is 11.5. The van der Waals surface area contributed by atoms with E-state index in [1.54, 1.807) is 0 Å². The second-order valence-electron chi connectivity index (χ2n) is 3.98. The number of nitrogens with zero attached hydrogens (tertiary/aromatic N) is 3. The fraction of sp³-hybridized carbons (Fsp3) is 0.500. The quantitative estimate of drug-likeness (QED) is 0.436. The predicted molar refractivity (Wildman–Crippen MR) is 57.4 cm³/mol. The van der Waals surface area contributed by atoms with Gasteiger partial charge in [-0.25, -0.2) is 9.97 Å². The Hall–Kier alpha value is -0.940. The van der Waals surface area contributed by atoms with E-state index in [1.807, 2.05) is 20.8 Å². The van der Waals surface area contributed by atoms with Gasteiger partial charge in [0.1, 0.15) is 5.82 Å². The van der Waals surface area contributed by atoms with Crippen LogP contribution in [0, 0.1) is 10.1 Å². The first-order valence-corrected chi connectivity index (χ1v) is 4.87. The largest absolute Gasteiger partial charge is 0.343 e. The van der Waals surface area contributed by atoms with Gasteiger partial charge in [-0.05, 0) is 0 Å². The van der Waals surface area contributed by atoms with Crippen LogP contribution in [-0.4, -0.2) is 14.9 Å². The predicted octanol–water partition coefficient (Wildman–Crippen LogP) is 2.99. The van der Waals surface area contributed by atoms with Gasteiger partial charge in [0.05, 0.1) is 4.92 Å². The summed E-state index contributed by atoms with van der Waals surface area (Å²) in [7, 11) is 0. The summed E-state index contributed by atoms with van der Waals surface area (Å²) in [6.45, 7) is 5.59. The summed E-state index contributed by atoms with van der Waals surface area (Å²) in [4.78, 5) is 17.6. The lowest BCUT2D eigenvalue weighted by Crippen LogP contribution is -2.16. The number of hydrogen-bond acceptors (Lipinski definition) is 4. The molecule has 0 amide bonds. The zero-order valence-electron chi connectivity index (χ0n) is 8.41. The zero-order valence-corrected chi connectivity index (χ0v) is 9.93. The second-order valence-corrected chi connectivity index (χ2v) is 4.70. The van der Waals surface area contributed by atoms with Crippen LogP contribution >= 0.6 is 23.2 Å². The summed E-state index contributed by atoms with van der Waals surface area (Å²) in [5.41, 5.74) is -0.811. The zero-order chi connectivity index (χ0) is 11.8. The van der Waals surface area contributed by atoms with Crippen LogP contribution in [0.25, 0.3) is 0 Å². The van der Waals surface area contributed by atoms with Gasteiger partial charge in [0.15, 0.2) is 0 Å². The average Bonchev–Trinajstić information content (AvgIpc) is 1.99. The molecule has 0 N–H and O–H groups in total. The van der Waals surface area contributed by atoms with Gasteiger partial charge in [0.2, 0.25) is 10.3 Å². The molecule has 5 nitrogen and oxygen atoms in total. The molecule has 0 radical (unpaired) electrons. The molecule has 0 unspecified atom stereocenters. The summed E-state index contributed by atoms with van der Waals surface area (Å²) in [6, 6.07) is 0. The van der Waals surface area contributed by atoms with Crippen molar-refractivity contribution >= 4 is 28.9 Å². The highest BCUT2D eigenvalue weighted by Gasteiger charge is 2.26. The van der Waals surface area contributed by atoms with Crippen molar-refractivity contribution in [3.8, 4) is 0 Å². The Labute approximate surface area is 96.6 Å².